The third-order valence-electron chi connectivity index (χ3n) is 1.51. The second-order valence-corrected chi connectivity index (χ2v) is 2.30. The average molecular weight is 119 g/mol. The van der Waals surface area contributed by atoms with Gasteiger partial charge in [0.15, 0.2) is 0 Å². The molecule has 1 radical (unpaired) electrons. The van der Waals surface area contributed by atoms with Crippen LogP contribution in [0.1, 0.15) is 19.3 Å². The fourth-order valence-electron chi connectivity index (χ4n) is 0.829. The first-order chi connectivity index (χ1) is 3.67. The number of hydrogen-bond donors (Lipinski definition) is 0. The molecule has 47 valence electrons. The van der Waals surface area contributed by atoms with Crippen LogP contribution in [-0.2, 0) is 0 Å². The summed E-state index contributed by atoms with van der Waals surface area (Å²) in [7, 11) is 0. The topological polar surface area (TPSA) is 0 Å². The zero-order valence-electron chi connectivity index (χ0n) is 4.66. The van der Waals surface area contributed by atoms with Crippen molar-refractivity contribution in [3.63, 3.8) is 0 Å². The van der Waals surface area contributed by atoms with Gasteiger partial charge in [-0.1, -0.05) is 13.3 Å². The van der Waals surface area contributed by atoms with Crippen LogP contribution in [0.3, 0.4) is 0 Å². The molecule has 0 aromatic rings. The van der Waals surface area contributed by atoms with E-state index in [4.69, 9.17) is 0 Å². The molecule has 1 atom stereocenters. The highest BCUT2D eigenvalue weighted by atomic mass is 19.3. The van der Waals surface area contributed by atoms with E-state index >= 15 is 0 Å². The maximum Gasteiger partial charge on any atom is 0.251 e. The van der Waals surface area contributed by atoms with Crippen LogP contribution < -0.4 is 0 Å². The summed E-state index contributed by atoms with van der Waals surface area (Å²) in [5, 5.41) is 0. The molecule has 8 heavy (non-hydrogen) atoms. The highest BCUT2D eigenvalue weighted by Gasteiger charge is 2.55. The highest BCUT2D eigenvalue weighted by Crippen LogP contribution is 2.50. The van der Waals surface area contributed by atoms with Gasteiger partial charge in [0.25, 0.3) is 5.92 Å². The summed E-state index contributed by atoms with van der Waals surface area (Å²) in [6, 6.07) is 0. The molecule has 0 amide bonds. The van der Waals surface area contributed by atoms with Gasteiger partial charge < -0.3 is 0 Å². The maximum absolute atomic E-state index is 12.0. The van der Waals surface area contributed by atoms with Crippen molar-refractivity contribution < 1.29 is 8.78 Å². The first-order valence-corrected chi connectivity index (χ1v) is 2.84. The minimum Gasteiger partial charge on any atom is -0.207 e. The molecule has 1 unspecified atom stereocenters. The Bertz CT molecular complexity index is 88.5. The van der Waals surface area contributed by atoms with Crippen molar-refractivity contribution in [1.29, 1.82) is 0 Å². The quantitative estimate of drug-likeness (QED) is 0.523. The van der Waals surface area contributed by atoms with Gasteiger partial charge in [0.1, 0.15) is 0 Å². The SMILES string of the molecule is [CH2]CCC1CC1(F)F. The second-order valence-electron chi connectivity index (χ2n) is 2.30. The Kier molecular flexibility index (Phi) is 1.25. The lowest BCUT2D eigenvalue weighted by molar-refractivity contribution is 0.0972. The molecular formula is C6H9F2. The predicted octanol–water partition coefficient (Wildman–Crippen LogP) is 2.26. The zero-order chi connectivity index (χ0) is 6.20. The molecule has 0 nitrogen and oxygen atoms in total. The van der Waals surface area contributed by atoms with Crippen molar-refractivity contribution in [2.45, 2.75) is 25.2 Å². The van der Waals surface area contributed by atoms with Crippen LogP contribution in [0.5, 0.6) is 0 Å². The summed E-state index contributed by atoms with van der Waals surface area (Å²) in [5.41, 5.74) is 0. The number of alkyl halides is 2. The molecule has 1 fully saturated rings. The van der Waals surface area contributed by atoms with Crippen molar-refractivity contribution in [3.05, 3.63) is 6.92 Å². The smallest absolute Gasteiger partial charge is 0.207 e. The van der Waals surface area contributed by atoms with E-state index in [0.717, 1.165) is 0 Å². The molecular weight excluding hydrogens is 110 g/mol. The van der Waals surface area contributed by atoms with E-state index in [-0.39, 0.29) is 12.3 Å². The van der Waals surface area contributed by atoms with Crippen molar-refractivity contribution in [1.82, 2.24) is 0 Å². The Balaban J connectivity index is 2.17. The lowest BCUT2D eigenvalue weighted by Gasteiger charge is -1.90. The van der Waals surface area contributed by atoms with Crippen LogP contribution in [0, 0.1) is 12.8 Å². The van der Waals surface area contributed by atoms with Gasteiger partial charge in [0, 0.05) is 12.3 Å². The summed E-state index contributed by atoms with van der Waals surface area (Å²) in [5.74, 6) is -2.66. The first kappa shape index (κ1) is 5.99. The van der Waals surface area contributed by atoms with Crippen LogP contribution in [0.2, 0.25) is 0 Å². The maximum atomic E-state index is 12.0. The molecule has 0 spiro atoms. The van der Waals surface area contributed by atoms with E-state index in [1.54, 1.807) is 0 Å². The molecule has 0 aliphatic heterocycles. The van der Waals surface area contributed by atoms with Gasteiger partial charge in [-0.2, -0.15) is 0 Å². The first-order valence-electron chi connectivity index (χ1n) is 2.84. The average Bonchev–Trinajstić information content (AvgIpc) is 2.15. The fraction of sp³-hybridized carbons (Fsp3) is 0.833. The highest BCUT2D eigenvalue weighted by molar-refractivity contribution is 4.94. The molecule has 0 aromatic heterocycles. The zero-order valence-corrected chi connectivity index (χ0v) is 4.66. The van der Waals surface area contributed by atoms with Gasteiger partial charge in [0.2, 0.25) is 0 Å². The van der Waals surface area contributed by atoms with Gasteiger partial charge in [-0.15, -0.1) is 0 Å². The van der Waals surface area contributed by atoms with E-state index in [2.05, 4.69) is 6.92 Å². The molecule has 1 saturated carbocycles. The third-order valence-corrected chi connectivity index (χ3v) is 1.51. The Morgan fingerprint density at radius 3 is 2.25 bits per heavy atom. The molecule has 1 aliphatic rings. The minimum atomic E-state index is -2.32. The van der Waals surface area contributed by atoms with Crippen LogP contribution in [0.15, 0.2) is 0 Å². The molecule has 0 bridgehead atoms. The van der Waals surface area contributed by atoms with Gasteiger partial charge >= 0.3 is 0 Å². The van der Waals surface area contributed by atoms with E-state index in [0.29, 0.717) is 12.8 Å². The van der Waals surface area contributed by atoms with E-state index < -0.39 is 5.92 Å². The summed E-state index contributed by atoms with van der Waals surface area (Å²) >= 11 is 0. The number of rotatable bonds is 2. The Morgan fingerprint density at radius 1 is 1.62 bits per heavy atom. The largest absolute Gasteiger partial charge is 0.251 e. The molecule has 0 N–H and O–H groups in total. The molecule has 1 rings (SSSR count). The summed E-state index contributed by atoms with van der Waals surface area (Å²) < 4.78 is 23.9. The predicted molar refractivity (Wildman–Crippen MR) is 27.6 cm³/mol. The van der Waals surface area contributed by atoms with Gasteiger partial charge in [-0.3, -0.25) is 0 Å². The standard InChI is InChI=1S/C6H9F2/c1-2-3-5-4-6(5,7)8/h5H,1-4H2. The summed E-state index contributed by atoms with van der Waals surface area (Å²) in [6.45, 7) is 3.50. The number of halogens is 2. The monoisotopic (exact) mass is 119 g/mol. The van der Waals surface area contributed by atoms with Crippen LogP contribution in [-0.4, -0.2) is 5.92 Å². The van der Waals surface area contributed by atoms with Gasteiger partial charge in [-0.05, 0) is 6.42 Å². The lowest BCUT2D eigenvalue weighted by Crippen LogP contribution is -1.91. The molecule has 0 heterocycles. The Labute approximate surface area is 47.9 Å². The van der Waals surface area contributed by atoms with E-state index in [9.17, 15) is 8.78 Å². The second kappa shape index (κ2) is 1.67. The van der Waals surface area contributed by atoms with Crippen LogP contribution in [0.25, 0.3) is 0 Å². The molecule has 2 heteroatoms. The van der Waals surface area contributed by atoms with Crippen molar-refractivity contribution in [3.8, 4) is 0 Å². The molecule has 0 aromatic carbocycles. The van der Waals surface area contributed by atoms with Crippen molar-refractivity contribution in [2.75, 3.05) is 0 Å². The van der Waals surface area contributed by atoms with Crippen molar-refractivity contribution >= 4 is 0 Å². The van der Waals surface area contributed by atoms with Crippen molar-refractivity contribution in [2.24, 2.45) is 5.92 Å². The third kappa shape index (κ3) is 0.984. The summed E-state index contributed by atoms with van der Waals surface area (Å²) in [6.07, 6.45) is 1.33. The summed E-state index contributed by atoms with van der Waals surface area (Å²) in [4.78, 5) is 0. The van der Waals surface area contributed by atoms with Gasteiger partial charge in [0.05, 0.1) is 0 Å². The lowest BCUT2D eigenvalue weighted by atomic mass is 10.2. The molecule has 1 aliphatic carbocycles. The Morgan fingerprint density at radius 2 is 2.12 bits per heavy atom. The van der Waals surface area contributed by atoms with Crippen LogP contribution >= 0.6 is 0 Å². The minimum absolute atomic E-state index is 0.0997. The molecule has 0 saturated heterocycles. The van der Waals surface area contributed by atoms with E-state index in [1.807, 2.05) is 0 Å². The number of hydrogen-bond acceptors (Lipinski definition) is 0. The van der Waals surface area contributed by atoms with Gasteiger partial charge in [-0.25, -0.2) is 8.78 Å². The fourth-order valence-corrected chi connectivity index (χ4v) is 0.829. The van der Waals surface area contributed by atoms with Crippen LogP contribution in [0.4, 0.5) is 8.78 Å². The Hall–Kier alpha value is -0.140. The normalized spacial score (nSPS) is 32.6. The van der Waals surface area contributed by atoms with E-state index in [1.165, 1.54) is 0 Å².